The van der Waals surface area contributed by atoms with Crippen molar-refractivity contribution in [3.63, 3.8) is 0 Å². The van der Waals surface area contributed by atoms with E-state index < -0.39 is 0 Å². The van der Waals surface area contributed by atoms with Gasteiger partial charge in [0.1, 0.15) is 0 Å². The molecule has 2 unspecified atom stereocenters. The monoisotopic (exact) mass is 364 g/mol. The number of halogens is 3. The van der Waals surface area contributed by atoms with Crippen molar-refractivity contribution in [2.45, 2.75) is 42.6 Å². The third-order valence-electron chi connectivity index (χ3n) is 4.28. The third-order valence-corrected chi connectivity index (χ3v) is 5.22. The molecule has 1 aromatic carbocycles. The largest absolute Gasteiger partial charge is 0.325 e. The van der Waals surface area contributed by atoms with Crippen LogP contribution in [0.5, 0.6) is 0 Å². The summed E-state index contributed by atoms with van der Waals surface area (Å²) in [6.07, 6.45) is 1.67. The first-order valence-electron chi connectivity index (χ1n) is 7.34. The lowest BCUT2D eigenvalue weighted by atomic mass is 9.81. The minimum Gasteiger partial charge on any atom is -0.325 e. The Hall–Kier alpha value is -0.320. The zero-order valence-corrected chi connectivity index (χ0v) is 14.9. The van der Waals surface area contributed by atoms with E-state index >= 15 is 0 Å². The molecular weight excluding hydrogens is 343 g/mol. The van der Waals surface area contributed by atoms with Gasteiger partial charge in [-0.1, -0.05) is 30.3 Å². The molecule has 3 atom stereocenters. The standard InChI is InChI=1S/C16H22Cl2N2O.ClH/c1-10(12-7-13(17)16(19)14(18)8-12)20-9-15(21)11-5-3-2-4-6-11;/h2-6,10,12-14,16,20H,7-9,19H2,1H3;1H/t10-,12?,13?,14?,16?;/m1./s1. The van der Waals surface area contributed by atoms with Gasteiger partial charge in [0.05, 0.1) is 17.3 Å². The molecule has 1 saturated carbocycles. The summed E-state index contributed by atoms with van der Waals surface area (Å²) in [5.74, 6) is 0.443. The molecule has 22 heavy (non-hydrogen) atoms. The number of Topliss-reactive ketones (excluding diaryl/α,β-unsaturated/α-hetero) is 1. The second kappa shape index (κ2) is 9.09. The highest BCUT2D eigenvalue weighted by atomic mass is 35.5. The number of carbonyl (C=O) groups is 1. The SMILES string of the molecule is C[C@@H](NCC(=O)c1ccccc1)C1CC(Cl)C(N)C(Cl)C1.Cl. The first-order chi connectivity index (χ1) is 9.99. The van der Waals surface area contributed by atoms with E-state index in [1.54, 1.807) is 0 Å². The first-order valence-corrected chi connectivity index (χ1v) is 8.21. The number of carbonyl (C=O) groups excluding carboxylic acids is 1. The number of rotatable bonds is 5. The molecule has 6 heteroatoms. The van der Waals surface area contributed by atoms with Gasteiger partial charge in [-0.2, -0.15) is 0 Å². The van der Waals surface area contributed by atoms with Crippen LogP contribution in [0.4, 0.5) is 0 Å². The predicted octanol–water partition coefficient (Wildman–Crippen LogP) is 3.22. The second-order valence-corrected chi connectivity index (χ2v) is 6.92. The maximum Gasteiger partial charge on any atom is 0.176 e. The molecule has 0 spiro atoms. The number of nitrogens with two attached hydrogens (primary N) is 1. The van der Waals surface area contributed by atoms with Gasteiger partial charge in [0, 0.05) is 17.6 Å². The molecule has 124 valence electrons. The van der Waals surface area contributed by atoms with Gasteiger partial charge in [0.2, 0.25) is 0 Å². The molecule has 1 aliphatic carbocycles. The molecule has 0 amide bonds. The van der Waals surface area contributed by atoms with E-state index in [1.807, 2.05) is 30.3 Å². The fourth-order valence-electron chi connectivity index (χ4n) is 2.77. The summed E-state index contributed by atoms with van der Waals surface area (Å²) < 4.78 is 0. The van der Waals surface area contributed by atoms with E-state index in [2.05, 4.69) is 12.2 Å². The lowest BCUT2D eigenvalue weighted by Gasteiger charge is -2.37. The van der Waals surface area contributed by atoms with Gasteiger partial charge in [-0.15, -0.1) is 35.6 Å². The van der Waals surface area contributed by atoms with Gasteiger partial charge in [-0.3, -0.25) is 4.79 Å². The minimum atomic E-state index is -0.150. The van der Waals surface area contributed by atoms with Crippen LogP contribution in [0.2, 0.25) is 0 Å². The lowest BCUT2D eigenvalue weighted by molar-refractivity contribution is 0.0982. The summed E-state index contributed by atoms with van der Waals surface area (Å²) in [5.41, 5.74) is 6.67. The number of hydrogen-bond donors (Lipinski definition) is 2. The second-order valence-electron chi connectivity index (χ2n) is 5.80. The topological polar surface area (TPSA) is 55.1 Å². The van der Waals surface area contributed by atoms with Gasteiger partial charge >= 0.3 is 0 Å². The van der Waals surface area contributed by atoms with E-state index in [4.69, 9.17) is 28.9 Å². The van der Waals surface area contributed by atoms with Crippen LogP contribution in [0.3, 0.4) is 0 Å². The van der Waals surface area contributed by atoms with Crippen molar-refractivity contribution in [2.75, 3.05) is 6.54 Å². The summed E-state index contributed by atoms with van der Waals surface area (Å²) in [6, 6.07) is 9.34. The van der Waals surface area contributed by atoms with Crippen LogP contribution in [-0.2, 0) is 0 Å². The molecule has 0 aromatic heterocycles. The molecule has 1 aromatic rings. The quantitative estimate of drug-likeness (QED) is 0.622. The minimum absolute atomic E-state index is 0. The summed E-state index contributed by atoms with van der Waals surface area (Å²) in [6.45, 7) is 2.40. The number of alkyl halides is 2. The van der Waals surface area contributed by atoms with Crippen LogP contribution >= 0.6 is 35.6 Å². The van der Waals surface area contributed by atoms with E-state index in [0.717, 1.165) is 18.4 Å². The van der Waals surface area contributed by atoms with Crippen molar-refractivity contribution in [3.05, 3.63) is 35.9 Å². The normalized spacial score (nSPS) is 29.5. The van der Waals surface area contributed by atoms with E-state index in [-0.39, 0.29) is 41.0 Å². The first kappa shape index (κ1) is 19.7. The van der Waals surface area contributed by atoms with Crippen molar-refractivity contribution < 1.29 is 4.79 Å². The van der Waals surface area contributed by atoms with Crippen LogP contribution in [-0.4, -0.2) is 35.2 Å². The van der Waals surface area contributed by atoms with E-state index in [0.29, 0.717) is 12.5 Å². The molecule has 1 fully saturated rings. The Balaban J connectivity index is 0.00000242. The predicted molar refractivity (Wildman–Crippen MR) is 95.5 cm³/mol. The molecule has 3 nitrogen and oxygen atoms in total. The Morgan fingerprint density at radius 2 is 1.82 bits per heavy atom. The molecule has 0 bridgehead atoms. The fraction of sp³-hybridized carbons (Fsp3) is 0.562. The maximum absolute atomic E-state index is 12.1. The molecular formula is C16H23Cl3N2O. The summed E-state index contributed by atoms with van der Waals surface area (Å²) in [5, 5.41) is 3.11. The Kier molecular flexibility index (Phi) is 8.15. The average molecular weight is 366 g/mol. The fourth-order valence-corrected chi connectivity index (χ4v) is 3.65. The van der Waals surface area contributed by atoms with Gasteiger partial charge in [0.15, 0.2) is 5.78 Å². The van der Waals surface area contributed by atoms with Crippen LogP contribution < -0.4 is 11.1 Å². The number of hydrogen-bond acceptors (Lipinski definition) is 3. The number of ketones is 1. The van der Waals surface area contributed by atoms with Crippen LogP contribution in [0.15, 0.2) is 30.3 Å². The van der Waals surface area contributed by atoms with E-state index in [9.17, 15) is 4.79 Å². The Labute approximate surface area is 148 Å². The summed E-state index contributed by atoms with van der Waals surface area (Å²) in [4.78, 5) is 12.1. The van der Waals surface area contributed by atoms with Gasteiger partial charge < -0.3 is 11.1 Å². The van der Waals surface area contributed by atoms with Crippen molar-refractivity contribution in [2.24, 2.45) is 11.7 Å². The highest BCUT2D eigenvalue weighted by molar-refractivity contribution is 6.24. The highest BCUT2D eigenvalue weighted by Gasteiger charge is 2.35. The van der Waals surface area contributed by atoms with Crippen molar-refractivity contribution in [1.29, 1.82) is 0 Å². The molecule has 0 heterocycles. The average Bonchev–Trinajstić information content (AvgIpc) is 2.50. The summed E-state index contributed by atoms with van der Waals surface area (Å²) >= 11 is 12.5. The lowest BCUT2D eigenvalue weighted by Crippen LogP contribution is -2.49. The molecule has 1 aliphatic rings. The Morgan fingerprint density at radius 3 is 2.36 bits per heavy atom. The third kappa shape index (κ3) is 5.10. The zero-order valence-electron chi connectivity index (χ0n) is 12.5. The van der Waals surface area contributed by atoms with Crippen LogP contribution in [0, 0.1) is 5.92 Å². The van der Waals surface area contributed by atoms with Gasteiger partial charge in [0.25, 0.3) is 0 Å². The summed E-state index contributed by atoms with van der Waals surface area (Å²) in [7, 11) is 0. The maximum atomic E-state index is 12.1. The molecule has 2 rings (SSSR count). The molecule has 0 aliphatic heterocycles. The Bertz CT molecular complexity index is 460. The molecule has 0 radical (unpaired) electrons. The smallest absolute Gasteiger partial charge is 0.176 e. The van der Waals surface area contributed by atoms with Gasteiger partial charge in [-0.25, -0.2) is 0 Å². The van der Waals surface area contributed by atoms with E-state index in [1.165, 1.54) is 0 Å². The van der Waals surface area contributed by atoms with Crippen molar-refractivity contribution >= 4 is 41.4 Å². The van der Waals surface area contributed by atoms with Crippen LogP contribution in [0.1, 0.15) is 30.1 Å². The number of benzene rings is 1. The van der Waals surface area contributed by atoms with Gasteiger partial charge in [-0.05, 0) is 25.7 Å². The highest BCUT2D eigenvalue weighted by Crippen LogP contribution is 2.32. The van der Waals surface area contributed by atoms with Crippen molar-refractivity contribution in [3.8, 4) is 0 Å². The Morgan fingerprint density at radius 1 is 1.27 bits per heavy atom. The molecule has 3 N–H and O–H groups in total. The number of nitrogens with one attached hydrogen (secondary N) is 1. The van der Waals surface area contributed by atoms with Crippen molar-refractivity contribution in [1.82, 2.24) is 5.32 Å². The molecule has 0 saturated heterocycles. The zero-order chi connectivity index (χ0) is 15.4. The van der Waals surface area contributed by atoms with Crippen LogP contribution in [0.25, 0.3) is 0 Å².